The Hall–Kier alpha value is -3.44. The topological polar surface area (TPSA) is 128 Å². The summed E-state index contributed by atoms with van der Waals surface area (Å²) in [5, 5.41) is 19.8. The monoisotopic (exact) mass is 624 g/mol. The number of aromatic nitrogens is 2. The maximum atomic E-state index is 7.72. The molecule has 1 aliphatic rings. The van der Waals surface area contributed by atoms with Crippen LogP contribution < -0.4 is 21.7 Å². The molecule has 42 heavy (non-hydrogen) atoms. The number of amidine groups is 1. The Labute approximate surface area is 260 Å². The molecule has 1 aliphatic heterocycles. The Balaban J connectivity index is 1.30. The van der Waals surface area contributed by atoms with Crippen molar-refractivity contribution in [1.82, 2.24) is 14.9 Å². The van der Waals surface area contributed by atoms with Gasteiger partial charge in [0.1, 0.15) is 23.0 Å². The van der Waals surface area contributed by atoms with Crippen molar-refractivity contribution in [3.05, 3.63) is 75.6 Å². The van der Waals surface area contributed by atoms with Gasteiger partial charge in [-0.1, -0.05) is 30.1 Å². The summed E-state index contributed by atoms with van der Waals surface area (Å²) in [5.74, 6) is 2.54. The van der Waals surface area contributed by atoms with Crippen molar-refractivity contribution in [2.75, 3.05) is 35.6 Å². The third kappa shape index (κ3) is 7.49. The molecule has 2 aromatic heterocycles. The number of benzene rings is 2. The molecule has 2 aromatic carbocycles. The SMILES string of the molecule is CCN1CCC(C(CCc2cc3cc(C(=N)N)ccc3o2)Nc2cc(C)nc(NC(=S)Nc3ccc(Cl)c(Cl)c3)n2)C1. The molecule has 3 heterocycles. The maximum Gasteiger partial charge on any atom is 0.231 e. The molecule has 2 atom stereocenters. The number of likely N-dealkylation sites (tertiary alicyclic amines) is 1. The predicted molar refractivity (Wildman–Crippen MR) is 176 cm³/mol. The van der Waals surface area contributed by atoms with Gasteiger partial charge in [0.05, 0.1) is 10.0 Å². The molecule has 2 unspecified atom stereocenters. The van der Waals surface area contributed by atoms with Gasteiger partial charge in [0, 0.05) is 47.4 Å². The lowest BCUT2D eigenvalue weighted by molar-refractivity contribution is 0.327. The molecule has 1 fully saturated rings. The molecule has 6 N–H and O–H groups in total. The second-order valence-electron chi connectivity index (χ2n) is 10.5. The molecule has 12 heteroatoms. The largest absolute Gasteiger partial charge is 0.461 e. The van der Waals surface area contributed by atoms with Crippen LogP contribution in [0.25, 0.3) is 11.0 Å². The summed E-state index contributed by atoms with van der Waals surface area (Å²) < 4.78 is 6.13. The Kier molecular flexibility index (Phi) is 9.47. The van der Waals surface area contributed by atoms with Crippen LogP contribution in [-0.2, 0) is 6.42 Å². The Bertz CT molecular complexity index is 1610. The van der Waals surface area contributed by atoms with E-state index < -0.39 is 0 Å². The van der Waals surface area contributed by atoms with Crippen molar-refractivity contribution in [2.45, 2.75) is 39.2 Å². The minimum Gasteiger partial charge on any atom is -0.461 e. The van der Waals surface area contributed by atoms with Crippen molar-refractivity contribution in [2.24, 2.45) is 11.7 Å². The van der Waals surface area contributed by atoms with E-state index in [1.54, 1.807) is 18.2 Å². The number of hydrogen-bond donors (Lipinski definition) is 5. The van der Waals surface area contributed by atoms with Crippen LogP contribution in [0.2, 0.25) is 10.0 Å². The molecule has 0 radical (unpaired) electrons. The third-order valence-corrected chi connectivity index (χ3v) is 8.44. The number of nitrogens with two attached hydrogens (primary N) is 1. The van der Waals surface area contributed by atoms with Crippen molar-refractivity contribution >= 4 is 74.8 Å². The number of furan rings is 1. The summed E-state index contributed by atoms with van der Waals surface area (Å²) in [5.41, 5.74) is 8.68. The highest BCUT2D eigenvalue weighted by Crippen LogP contribution is 2.28. The fourth-order valence-electron chi connectivity index (χ4n) is 5.32. The number of anilines is 3. The van der Waals surface area contributed by atoms with Gasteiger partial charge in [0.15, 0.2) is 5.11 Å². The zero-order valence-corrected chi connectivity index (χ0v) is 25.8. The molecule has 1 saturated heterocycles. The average molecular weight is 626 g/mol. The molecule has 0 amide bonds. The summed E-state index contributed by atoms with van der Waals surface area (Å²) in [6, 6.07) is 15.0. The van der Waals surface area contributed by atoms with Gasteiger partial charge in [0.2, 0.25) is 5.95 Å². The van der Waals surface area contributed by atoms with Crippen LogP contribution in [-0.4, -0.2) is 51.5 Å². The number of aryl methyl sites for hydroxylation is 2. The predicted octanol–water partition coefficient (Wildman–Crippen LogP) is 6.69. The molecule has 4 aromatic rings. The Morgan fingerprint density at radius 3 is 2.71 bits per heavy atom. The first-order valence-corrected chi connectivity index (χ1v) is 15.1. The molecular formula is C30H34Cl2N8OS. The number of nitrogen functional groups attached to an aromatic ring is 1. The van der Waals surface area contributed by atoms with E-state index in [0.717, 1.165) is 67.1 Å². The second-order valence-corrected chi connectivity index (χ2v) is 11.8. The van der Waals surface area contributed by atoms with Crippen LogP contribution in [0.15, 0.2) is 52.9 Å². The van der Waals surface area contributed by atoms with Gasteiger partial charge in [-0.3, -0.25) is 5.41 Å². The van der Waals surface area contributed by atoms with Gasteiger partial charge in [-0.25, -0.2) is 4.98 Å². The summed E-state index contributed by atoms with van der Waals surface area (Å²) >= 11 is 17.7. The lowest BCUT2D eigenvalue weighted by atomic mass is 9.94. The van der Waals surface area contributed by atoms with Gasteiger partial charge in [-0.2, -0.15) is 4.98 Å². The van der Waals surface area contributed by atoms with E-state index in [-0.39, 0.29) is 11.9 Å². The minimum absolute atomic E-state index is 0.0468. The smallest absolute Gasteiger partial charge is 0.231 e. The Morgan fingerprint density at radius 2 is 1.98 bits per heavy atom. The average Bonchev–Trinajstić information content (AvgIpc) is 3.59. The number of hydrogen-bond acceptors (Lipinski definition) is 7. The van der Waals surface area contributed by atoms with E-state index >= 15 is 0 Å². The fraction of sp³-hybridized carbons (Fsp3) is 0.333. The van der Waals surface area contributed by atoms with Crippen molar-refractivity contribution < 1.29 is 4.42 Å². The fourth-order valence-corrected chi connectivity index (χ4v) is 5.82. The number of nitrogens with one attached hydrogen (secondary N) is 4. The van der Waals surface area contributed by atoms with Crippen LogP contribution in [0.3, 0.4) is 0 Å². The van der Waals surface area contributed by atoms with Crippen LogP contribution in [0.5, 0.6) is 0 Å². The number of fused-ring (bicyclic) bond motifs is 1. The van der Waals surface area contributed by atoms with Gasteiger partial charge < -0.3 is 31.0 Å². The summed E-state index contributed by atoms with van der Waals surface area (Å²) in [6.45, 7) is 7.29. The van der Waals surface area contributed by atoms with Crippen LogP contribution in [0.4, 0.5) is 17.5 Å². The minimum atomic E-state index is 0.0468. The lowest BCUT2D eigenvalue weighted by Crippen LogP contribution is -2.33. The summed E-state index contributed by atoms with van der Waals surface area (Å²) in [6.07, 6.45) is 2.74. The highest BCUT2D eigenvalue weighted by molar-refractivity contribution is 7.80. The zero-order valence-electron chi connectivity index (χ0n) is 23.5. The van der Waals surface area contributed by atoms with Crippen molar-refractivity contribution in [3.63, 3.8) is 0 Å². The van der Waals surface area contributed by atoms with Crippen LogP contribution in [0, 0.1) is 18.3 Å². The van der Waals surface area contributed by atoms with Crippen LogP contribution in [0.1, 0.15) is 36.8 Å². The summed E-state index contributed by atoms with van der Waals surface area (Å²) in [7, 11) is 0. The second kappa shape index (κ2) is 13.2. The molecule has 9 nitrogen and oxygen atoms in total. The van der Waals surface area contributed by atoms with Crippen molar-refractivity contribution in [1.29, 1.82) is 5.41 Å². The first kappa shape index (κ1) is 30.0. The molecular weight excluding hydrogens is 591 g/mol. The number of rotatable bonds is 10. The quantitative estimate of drug-likeness (QED) is 0.0744. The van der Waals surface area contributed by atoms with Gasteiger partial charge in [-0.15, -0.1) is 0 Å². The maximum absolute atomic E-state index is 7.72. The number of halogens is 2. The molecule has 5 rings (SSSR count). The van der Waals surface area contributed by atoms with Gasteiger partial charge >= 0.3 is 0 Å². The number of nitrogens with zero attached hydrogens (tertiary/aromatic N) is 3. The van der Waals surface area contributed by atoms with Crippen LogP contribution >= 0.6 is 35.4 Å². The molecule has 0 saturated carbocycles. The van der Waals surface area contributed by atoms with E-state index in [9.17, 15) is 0 Å². The molecule has 0 aliphatic carbocycles. The van der Waals surface area contributed by atoms with E-state index in [1.807, 2.05) is 37.3 Å². The Morgan fingerprint density at radius 1 is 1.14 bits per heavy atom. The van der Waals surface area contributed by atoms with E-state index in [2.05, 4.69) is 32.8 Å². The number of thiocarbonyl (C=S) groups is 1. The zero-order chi connectivity index (χ0) is 29.8. The van der Waals surface area contributed by atoms with Crippen molar-refractivity contribution in [3.8, 4) is 0 Å². The first-order valence-electron chi connectivity index (χ1n) is 13.9. The van der Waals surface area contributed by atoms with E-state index in [1.165, 1.54) is 0 Å². The third-order valence-electron chi connectivity index (χ3n) is 7.50. The highest BCUT2D eigenvalue weighted by Gasteiger charge is 2.29. The van der Waals surface area contributed by atoms with Gasteiger partial charge in [-0.05, 0) is 93.5 Å². The van der Waals surface area contributed by atoms with E-state index in [4.69, 9.17) is 56.0 Å². The summed E-state index contributed by atoms with van der Waals surface area (Å²) in [4.78, 5) is 11.7. The highest BCUT2D eigenvalue weighted by atomic mass is 35.5. The molecule has 0 spiro atoms. The molecule has 220 valence electrons. The van der Waals surface area contributed by atoms with Gasteiger partial charge in [0.25, 0.3) is 0 Å². The first-order chi connectivity index (χ1) is 20.2. The molecule has 0 bridgehead atoms. The van der Waals surface area contributed by atoms with E-state index in [0.29, 0.717) is 38.3 Å². The standard InChI is InChI=1S/C30H34Cl2N8OS/c1-3-40-11-10-19(16-40)25(8-6-22-14-20-13-18(28(33)34)4-9-26(20)41-22)37-27-12-17(2)35-29(38-27)39-30(42)36-21-5-7-23(31)24(32)15-21/h4-5,7,9,12-15,19,25H,3,6,8,10-11,16H2,1-2H3,(H3,33,34)(H3,35,36,37,38,39,42). The normalized spacial score (nSPS) is 16.0. The lowest BCUT2D eigenvalue weighted by Gasteiger charge is -2.26.